The number of alkyl halides is 2. The third-order valence-electron chi connectivity index (χ3n) is 1.31. The van der Waals surface area contributed by atoms with Crippen molar-refractivity contribution < 1.29 is 9.47 Å². The normalized spacial score (nSPS) is 33.0. The van der Waals surface area contributed by atoms with Crippen molar-refractivity contribution in [2.45, 2.75) is 24.7 Å². The summed E-state index contributed by atoms with van der Waals surface area (Å²) in [6, 6.07) is 0. The van der Waals surface area contributed by atoms with E-state index < -0.39 is 0 Å². The molecule has 1 fully saturated rings. The molecule has 0 N–H and O–H groups in total. The Morgan fingerprint density at radius 3 is 2.80 bits per heavy atom. The highest BCUT2D eigenvalue weighted by Crippen LogP contribution is 2.22. The molecule has 4 heteroatoms. The Morgan fingerprint density at radius 2 is 2.30 bits per heavy atom. The maximum atomic E-state index is 5.65. The zero-order valence-corrected chi connectivity index (χ0v) is 7.07. The van der Waals surface area contributed by atoms with Crippen LogP contribution in [0.1, 0.15) is 12.8 Å². The van der Waals surface area contributed by atoms with E-state index in [2.05, 4.69) is 0 Å². The Bertz CT molecular complexity index is 99.7. The lowest BCUT2D eigenvalue weighted by molar-refractivity contribution is -0.114. The summed E-state index contributed by atoms with van der Waals surface area (Å²) < 4.78 is 10.3. The lowest BCUT2D eigenvalue weighted by atomic mass is 10.4. The Hall–Kier alpha value is 0.500. The van der Waals surface area contributed by atoms with E-state index in [1.807, 2.05) is 0 Å². The van der Waals surface area contributed by atoms with Crippen molar-refractivity contribution in [2.75, 3.05) is 12.5 Å². The minimum Gasteiger partial charge on any atom is -0.351 e. The van der Waals surface area contributed by atoms with Gasteiger partial charge in [0, 0.05) is 12.3 Å². The molecule has 0 spiro atoms. The number of halogens is 2. The first kappa shape index (κ1) is 8.60. The lowest BCUT2D eigenvalue weighted by Gasteiger charge is -2.09. The van der Waals surface area contributed by atoms with Gasteiger partial charge in [0.15, 0.2) is 6.29 Å². The van der Waals surface area contributed by atoms with Gasteiger partial charge < -0.3 is 9.47 Å². The van der Waals surface area contributed by atoms with E-state index in [0.29, 0.717) is 12.5 Å². The Morgan fingerprint density at radius 1 is 1.50 bits per heavy atom. The topological polar surface area (TPSA) is 18.5 Å². The van der Waals surface area contributed by atoms with Crippen LogP contribution in [0.4, 0.5) is 0 Å². The molecule has 0 aromatic rings. The maximum Gasteiger partial charge on any atom is 0.159 e. The minimum atomic E-state index is -0.166. The summed E-state index contributed by atoms with van der Waals surface area (Å²) in [6.07, 6.45) is 1.63. The van der Waals surface area contributed by atoms with Crippen LogP contribution >= 0.6 is 23.2 Å². The van der Waals surface area contributed by atoms with Gasteiger partial charge in [-0.25, -0.2) is 0 Å². The number of hydrogen-bond donors (Lipinski definition) is 0. The number of ether oxygens (including phenoxy) is 2. The second-order valence-electron chi connectivity index (χ2n) is 2.11. The van der Waals surface area contributed by atoms with Gasteiger partial charge in [-0.15, -0.1) is 11.6 Å². The van der Waals surface area contributed by atoms with Crippen LogP contribution in [0.2, 0.25) is 0 Å². The van der Waals surface area contributed by atoms with Crippen molar-refractivity contribution in [3.05, 3.63) is 0 Å². The summed E-state index contributed by atoms with van der Waals surface area (Å²) in [5.41, 5.74) is -0.166. The molecule has 0 aromatic heterocycles. The molecule has 0 amide bonds. The van der Waals surface area contributed by atoms with Crippen LogP contribution in [0.5, 0.6) is 0 Å². The van der Waals surface area contributed by atoms with Crippen LogP contribution < -0.4 is 0 Å². The summed E-state index contributed by atoms with van der Waals surface area (Å²) in [4.78, 5) is 0. The molecule has 1 saturated heterocycles. The van der Waals surface area contributed by atoms with Gasteiger partial charge in [-0.2, -0.15) is 0 Å². The van der Waals surface area contributed by atoms with E-state index in [-0.39, 0.29) is 11.9 Å². The van der Waals surface area contributed by atoms with Crippen molar-refractivity contribution in [1.29, 1.82) is 0 Å². The van der Waals surface area contributed by atoms with Gasteiger partial charge in [-0.3, -0.25) is 0 Å². The Labute approximate surface area is 70.4 Å². The number of hydrogen-bond acceptors (Lipinski definition) is 2. The maximum absolute atomic E-state index is 5.65. The van der Waals surface area contributed by atoms with E-state index in [9.17, 15) is 0 Å². The van der Waals surface area contributed by atoms with Crippen molar-refractivity contribution >= 4 is 23.2 Å². The molecule has 2 nitrogen and oxygen atoms in total. The molecule has 0 radical (unpaired) electrons. The predicted molar refractivity (Wildman–Crippen MR) is 40.4 cm³/mol. The molecule has 0 bridgehead atoms. The average molecular weight is 185 g/mol. The van der Waals surface area contributed by atoms with E-state index in [1.165, 1.54) is 0 Å². The zero-order chi connectivity index (χ0) is 7.40. The standard InChI is InChI=1S/C6H10Cl2O2/c7-3-4-9-6-2-1-5(8)10-6/h5-6H,1-4H2. The molecular formula is C6H10Cl2O2. The van der Waals surface area contributed by atoms with Gasteiger partial charge in [-0.05, 0) is 6.42 Å². The molecule has 60 valence electrons. The van der Waals surface area contributed by atoms with Crippen LogP contribution in [-0.2, 0) is 9.47 Å². The SMILES string of the molecule is ClCCOC1CCC(Cl)O1. The first-order chi connectivity index (χ1) is 4.83. The van der Waals surface area contributed by atoms with Crippen molar-refractivity contribution in [3.8, 4) is 0 Å². The highest BCUT2D eigenvalue weighted by Gasteiger charge is 2.23. The molecule has 1 aliphatic rings. The fraction of sp³-hybridized carbons (Fsp3) is 1.00. The van der Waals surface area contributed by atoms with Crippen LogP contribution in [0.15, 0.2) is 0 Å². The largest absolute Gasteiger partial charge is 0.351 e. The summed E-state index contributed by atoms with van der Waals surface area (Å²) in [7, 11) is 0. The van der Waals surface area contributed by atoms with E-state index in [4.69, 9.17) is 32.7 Å². The summed E-state index contributed by atoms with van der Waals surface area (Å²) in [5, 5.41) is 0. The van der Waals surface area contributed by atoms with E-state index in [1.54, 1.807) is 0 Å². The zero-order valence-electron chi connectivity index (χ0n) is 5.56. The quantitative estimate of drug-likeness (QED) is 0.625. The molecule has 2 unspecified atom stereocenters. The van der Waals surface area contributed by atoms with Crippen molar-refractivity contribution in [3.63, 3.8) is 0 Å². The Kier molecular flexibility index (Phi) is 3.78. The monoisotopic (exact) mass is 184 g/mol. The van der Waals surface area contributed by atoms with Crippen molar-refractivity contribution in [2.24, 2.45) is 0 Å². The molecule has 10 heavy (non-hydrogen) atoms. The van der Waals surface area contributed by atoms with Gasteiger partial charge in [0.05, 0.1) is 6.61 Å². The third-order valence-corrected chi connectivity index (χ3v) is 1.79. The molecule has 2 atom stereocenters. The molecule has 0 saturated carbocycles. The van der Waals surface area contributed by atoms with Crippen LogP contribution in [-0.4, -0.2) is 24.3 Å². The molecule has 0 aromatic carbocycles. The minimum absolute atomic E-state index is 0.124. The number of rotatable bonds is 3. The smallest absolute Gasteiger partial charge is 0.159 e. The molecule has 1 heterocycles. The second-order valence-corrected chi connectivity index (χ2v) is 2.98. The first-order valence-electron chi connectivity index (χ1n) is 3.30. The second kappa shape index (κ2) is 4.39. The van der Waals surface area contributed by atoms with E-state index >= 15 is 0 Å². The fourth-order valence-corrected chi connectivity index (χ4v) is 1.20. The third kappa shape index (κ3) is 2.62. The van der Waals surface area contributed by atoms with Gasteiger partial charge in [-0.1, -0.05) is 11.6 Å². The van der Waals surface area contributed by atoms with Crippen molar-refractivity contribution in [1.82, 2.24) is 0 Å². The van der Waals surface area contributed by atoms with Crippen LogP contribution in [0, 0.1) is 0 Å². The molecule has 0 aliphatic carbocycles. The van der Waals surface area contributed by atoms with Gasteiger partial charge in [0.1, 0.15) is 5.56 Å². The predicted octanol–water partition coefficient (Wildman–Crippen LogP) is 1.94. The van der Waals surface area contributed by atoms with Gasteiger partial charge in [0.2, 0.25) is 0 Å². The molecular weight excluding hydrogens is 175 g/mol. The lowest BCUT2D eigenvalue weighted by Crippen LogP contribution is -2.13. The molecule has 1 rings (SSSR count). The fourth-order valence-electron chi connectivity index (χ4n) is 0.867. The van der Waals surface area contributed by atoms with Gasteiger partial charge >= 0.3 is 0 Å². The highest BCUT2D eigenvalue weighted by molar-refractivity contribution is 6.19. The Balaban J connectivity index is 2.06. The average Bonchev–Trinajstić information content (AvgIpc) is 2.31. The summed E-state index contributed by atoms with van der Waals surface area (Å²) in [5.74, 6) is 0.507. The van der Waals surface area contributed by atoms with E-state index in [0.717, 1.165) is 12.8 Å². The van der Waals surface area contributed by atoms with Gasteiger partial charge in [0.25, 0.3) is 0 Å². The molecule has 1 aliphatic heterocycles. The van der Waals surface area contributed by atoms with Crippen LogP contribution in [0.25, 0.3) is 0 Å². The summed E-state index contributed by atoms with van der Waals surface area (Å²) in [6.45, 7) is 0.538. The highest BCUT2D eigenvalue weighted by atomic mass is 35.5. The van der Waals surface area contributed by atoms with Crippen LogP contribution in [0.3, 0.4) is 0 Å². The first-order valence-corrected chi connectivity index (χ1v) is 4.27. The summed E-state index contributed by atoms with van der Waals surface area (Å²) >= 11 is 11.1.